The molecule has 1 atom stereocenters. The van der Waals surface area contributed by atoms with Gasteiger partial charge in [0.2, 0.25) is 5.91 Å². The van der Waals surface area contributed by atoms with Crippen molar-refractivity contribution in [3.63, 3.8) is 0 Å². The number of carbonyl (C=O) groups is 1. The Morgan fingerprint density at radius 1 is 1.28 bits per heavy atom. The third-order valence-electron chi connectivity index (χ3n) is 3.85. The van der Waals surface area contributed by atoms with Gasteiger partial charge in [-0.1, -0.05) is 30.0 Å². The molecule has 1 heterocycles. The molecule has 0 saturated heterocycles. The molecule has 0 aliphatic heterocycles. The fourth-order valence-corrected chi connectivity index (χ4v) is 3.46. The lowest BCUT2D eigenvalue weighted by atomic mass is 10.3. The molecular weight excluding hydrogens is 334 g/mol. The van der Waals surface area contributed by atoms with Crippen LogP contribution in [0.3, 0.4) is 0 Å². The molecule has 0 saturated carbocycles. The molecule has 0 fully saturated rings. The molecule has 0 aliphatic carbocycles. The van der Waals surface area contributed by atoms with E-state index in [1.807, 2.05) is 62.4 Å². The fourth-order valence-electron chi connectivity index (χ4n) is 2.55. The largest absolute Gasteiger partial charge is 0.494 e. The maximum Gasteiger partial charge on any atom is 0.240 e. The molecule has 1 N–H and O–H groups in total. The second-order valence-corrected chi connectivity index (χ2v) is 6.98. The second-order valence-electron chi connectivity index (χ2n) is 5.65. The molecule has 3 rings (SSSR count). The van der Waals surface area contributed by atoms with E-state index in [0.29, 0.717) is 6.61 Å². The van der Waals surface area contributed by atoms with Gasteiger partial charge >= 0.3 is 0 Å². The number of ether oxygens (including phenoxy) is 1. The number of benzene rings is 2. The Morgan fingerprint density at radius 2 is 2.04 bits per heavy atom. The highest BCUT2D eigenvalue weighted by molar-refractivity contribution is 8.00. The minimum atomic E-state index is -0.253. The highest BCUT2D eigenvalue weighted by Crippen LogP contribution is 2.27. The van der Waals surface area contributed by atoms with Gasteiger partial charge in [-0.3, -0.25) is 4.79 Å². The van der Waals surface area contributed by atoms with Crippen LogP contribution in [0, 0.1) is 0 Å². The van der Waals surface area contributed by atoms with Crippen LogP contribution in [0.2, 0.25) is 0 Å². The molecule has 2 aromatic carbocycles. The van der Waals surface area contributed by atoms with Crippen LogP contribution in [0.1, 0.15) is 13.8 Å². The zero-order chi connectivity index (χ0) is 17.8. The van der Waals surface area contributed by atoms with Crippen molar-refractivity contribution < 1.29 is 9.53 Å². The summed E-state index contributed by atoms with van der Waals surface area (Å²) >= 11 is 1.42. The second kappa shape index (κ2) is 7.61. The van der Waals surface area contributed by atoms with Gasteiger partial charge < -0.3 is 14.6 Å². The number of amides is 1. The van der Waals surface area contributed by atoms with E-state index in [2.05, 4.69) is 9.97 Å². The number of aromatic nitrogens is 2. The van der Waals surface area contributed by atoms with E-state index in [-0.39, 0.29) is 11.2 Å². The predicted molar refractivity (Wildman–Crippen MR) is 102 cm³/mol. The summed E-state index contributed by atoms with van der Waals surface area (Å²) in [6, 6.07) is 15.4. The highest BCUT2D eigenvalue weighted by atomic mass is 32.2. The molecule has 1 amide bonds. The van der Waals surface area contributed by atoms with Gasteiger partial charge in [0, 0.05) is 18.8 Å². The minimum absolute atomic E-state index is 0.0339. The number of aromatic amines is 1. The Balaban J connectivity index is 1.72. The maximum absolute atomic E-state index is 12.6. The summed E-state index contributed by atoms with van der Waals surface area (Å²) in [6.07, 6.45) is 0. The van der Waals surface area contributed by atoms with Gasteiger partial charge in [-0.25, -0.2) is 4.98 Å². The fraction of sp³-hybridized carbons (Fsp3) is 0.263. The van der Waals surface area contributed by atoms with E-state index in [1.165, 1.54) is 11.8 Å². The molecule has 1 unspecified atom stereocenters. The Hall–Kier alpha value is -2.47. The number of H-pyrrole nitrogens is 1. The molecule has 25 heavy (non-hydrogen) atoms. The minimum Gasteiger partial charge on any atom is -0.494 e. The molecular formula is C19H21N3O2S. The third kappa shape index (κ3) is 3.96. The third-order valence-corrected chi connectivity index (χ3v) is 4.82. The molecule has 5 nitrogen and oxygen atoms in total. The topological polar surface area (TPSA) is 58.2 Å². The number of rotatable bonds is 6. The summed E-state index contributed by atoms with van der Waals surface area (Å²) in [5.74, 6) is 0.842. The molecule has 3 aromatic rings. The number of imidazole rings is 1. The van der Waals surface area contributed by atoms with Crippen molar-refractivity contribution in [3.8, 4) is 5.75 Å². The van der Waals surface area contributed by atoms with Gasteiger partial charge in [0.15, 0.2) is 5.16 Å². The molecule has 0 spiro atoms. The summed E-state index contributed by atoms with van der Waals surface area (Å²) in [7, 11) is 1.79. The summed E-state index contributed by atoms with van der Waals surface area (Å²) in [4.78, 5) is 22.1. The smallest absolute Gasteiger partial charge is 0.240 e. The molecule has 0 aliphatic rings. The average Bonchev–Trinajstić information content (AvgIpc) is 3.03. The van der Waals surface area contributed by atoms with E-state index in [0.717, 1.165) is 27.6 Å². The Kier molecular flexibility index (Phi) is 5.28. The first kappa shape index (κ1) is 17.4. The van der Waals surface area contributed by atoms with Crippen LogP contribution in [-0.4, -0.2) is 34.8 Å². The summed E-state index contributed by atoms with van der Waals surface area (Å²) < 4.78 is 5.51. The van der Waals surface area contributed by atoms with Gasteiger partial charge in [0.05, 0.1) is 22.9 Å². The van der Waals surface area contributed by atoms with Gasteiger partial charge in [-0.2, -0.15) is 0 Å². The van der Waals surface area contributed by atoms with Gasteiger partial charge in [-0.05, 0) is 38.1 Å². The van der Waals surface area contributed by atoms with Crippen LogP contribution >= 0.6 is 11.8 Å². The molecule has 130 valence electrons. The zero-order valence-electron chi connectivity index (χ0n) is 14.5. The van der Waals surface area contributed by atoms with Crippen molar-refractivity contribution in [2.24, 2.45) is 0 Å². The lowest BCUT2D eigenvalue weighted by Gasteiger charge is -2.20. The number of carbonyl (C=O) groups excluding carboxylic acids is 1. The van der Waals surface area contributed by atoms with Crippen molar-refractivity contribution in [2.75, 3.05) is 18.6 Å². The lowest BCUT2D eigenvalue weighted by Crippen LogP contribution is -2.33. The number of nitrogens with zero attached hydrogens (tertiary/aromatic N) is 2. The Bertz CT molecular complexity index is 863. The quantitative estimate of drug-likeness (QED) is 0.676. The van der Waals surface area contributed by atoms with Crippen LogP contribution in [0.25, 0.3) is 11.0 Å². The zero-order valence-corrected chi connectivity index (χ0v) is 15.3. The Labute approximate surface area is 151 Å². The number of para-hydroxylation sites is 1. The maximum atomic E-state index is 12.6. The monoisotopic (exact) mass is 355 g/mol. The predicted octanol–water partition coefficient (Wildman–Crippen LogP) is 4.11. The lowest BCUT2D eigenvalue weighted by molar-refractivity contribution is -0.117. The first-order chi connectivity index (χ1) is 12.1. The number of hydrogen-bond donors (Lipinski definition) is 1. The van der Waals surface area contributed by atoms with Crippen molar-refractivity contribution in [1.29, 1.82) is 0 Å². The number of thioether (sulfide) groups is 1. The van der Waals surface area contributed by atoms with Crippen molar-refractivity contribution >= 4 is 34.4 Å². The van der Waals surface area contributed by atoms with Crippen LogP contribution < -0.4 is 9.64 Å². The summed E-state index contributed by atoms with van der Waals surface area (Å²) in [6.45, 7) is 4.47. The highest BCUT2D eigenvalue weighted by Gasteiger charge is 2.21. The summed E-state index contributed by atoms with van der Waals surface area (Å²) in [5.41, 5.74) is 2.65. The SMILES string of the molecule is CCOc1ccc2nc(SC(C)C(=O)N(C)c3ccccc3)[nH]c2c1. The van der Waals surface area contributed by atoms with Crippen LogP contribution in [-0.2, 0) is 4.79 Å². The average molecular weight is 355 g/mol. The molecule has 0 radical (unpaired) electrons. The number of anilines is 1. The number of hydrogen-bond acceptors (Lipinski definition) is 4. The van der Waals surface area contributed by atoms with E-state index >= 15 is 0 Å². The van der Waals surface area contributed by atoms with E-state index in [1.54, 1.807) is 11.9 Å². The van der Waals surface area contributed by atoms with Gasteiger partial charge in [0.1, 0.15) is 5.75 Å². The van der Waals surface area contributed by atoms with Gasteiger partial charge in [-0.15, -0.1) is 0 Å². The number of fused-ring (bicyclic) bond motifs is 1. The van der Waals surface area contributed by atoms with Gasteiger partial charge in [0.25, 0.3) is 0 Å². The molecule has 1 aromatic heterocycles. The standard InChI is InChI=1S/C19H21N3O2S/c1-4-24-15-10-11-16-17(12-15)21-19(20-16)25-13(2)18(23)22(3)14-8-6-5-7-9-14/h5-13H,4H2,1-3H3,(H,20,21). The molecule has 6 heteroatoms. The number of nitrogens with one attached hydrogen (secondary N) is 1. The first-order valence-electron chi connectivity index (χ1n) is 8.20. The van der Waals surface area contributed by atoms with E-state index in [4.69, 9.17) is 4.74 Å². The van der Waals surface area contributed by atoms with Crippen molar-refractivity contribution in [1.82, 2.24) is 9.97 Å². The van der Waals surface area contributed by atoms with Crippen LogP contribution in [0.4, 0.5) is 5.69 Å². The van der Waals surface area contributed by atoms with E-state index in [9.17, 15) is 4.79 Å². The Morgan fingerprint density at radius 3 is 2.76 bits per heavy atom. The molecule has 0 bridgehead atoms. The van der Waals surface area contributed by atoms with Crippen LogP contribution in [0.15, 0.2) is 53.7 Å². The summed E-state index contributed by atoms with van der Waals surface area (Å²) in [5, 5.41) is 0.475. The van der Waals surface area contributed by atoms with E-state index < -0.39 is 0 Å². The van der Waals surface area contributed by atoms with Crippen molar-refractivity contribution in [2.45, 2.75) is 24.3 Å². The normalized spacial score (nSPS) is 12.1. The van der Waals surface area contributed by atoms with Crippen molar-refractivity contribution in [3.05, 3.63) is 48.5 Å². The van der Waals surface area contributed by atoms with Crippen LogP contribution in [0.5, 0.6) is 5.75 Å². The first-order valence-corrected chi connectivity index (χ1v) is 9.08.